The van der Waals surface area contributed by atoms with Gasteiger partial charge in [0.1, 0.15) is 0 Å². The summed E-state index contributed by atoms with van der Waals surface area (Å²) in [5, 5.41) is 3.48. The van der Waals surface area contributed by atoms with Gasteiger partial charge in [0.25, 0.3) is 0 Å². The summed E-state index contributed by atoms with van der Waals surface area (Å²) in [7, 11) is 1.71. The zero-order valence-corrected chi connectivity index (χ0v) is 11.2. The van der Waals surface area contributed by atoms with E-state index in [-0.39, 0.29) is 0 Å². The van der Waals surface area contributed by atoms with Crippen LogP contribution in [0.5, 0.6) is 0 Å². The predicted molar refractivity (Wildman–Crippen MR) is 68.3 cm³/mol. The maximum Gasteiger partial charge on any atom is 0.0701 e. The molecule has 1 aliphatic carbocycles. The van der Waals surface area contributed by atoms with Crippen LogP contribution in [0.25, 0.3) is 0 Å². The van der Waals surface area contributed by atoms with Crippen molar-refractivity contribution in [3.05, 3.63) is 0 Å². The molecule has 102 valence electrons. The summed E-state index contributed by atoms with van der Waals surface area (Å²) in [6.45, 7) is 6.91. The zero-order valence-electron chi connectivity index (χ0n) is 11.2. The Labute approximate surface area is 105 Å². The summed E-state index contributed by atoms with van der Waals surface area (Å²) in [6.07, 6.45) is 3.67. The third-order valence-corrected chi connectivity index (χ3v) is 2.96. The molecule has 17 heavy (non-hydrogen) atoms. The lowest BCUT2D eigenvalue weighted by Gasteiger charge is -2.17. The molecule has 0 saturated heterocycles. The van der Waals surface area contributed by atoms with Crippen LogP contribution < -0.4 is 5.32 Å². The number of hydrogen-bond acceptors (Lipinski definition) is 4. The lowest BCUT2D eigenvalue weighted by atomic mass is 10.2. The van der Waals surface area contributed by atoms with Crippen molar-refractivity contribution in [1.82, 2.24) is 5.32 Å². The van der Waals surface area contributed by atoms with E-state index in [0.717, 1.165) is 38.7 Å². The SMILES string of the molecule is CCNC(COCCOCCCOC)C1CC1. The Morgan fingerprint density at radius 3 is 2.53 bits per heavy atom. The van der Waals surface area contributed by atoms with Gasteiger partial charge in [-0.15, -0.1) is 0 Å². The van der Waals surface area contributed by atoms with E-state index >= 15 is 0 Å². The molecule has 1 N–H and O–H groups in total. The molecule has 4 nitrogen and oxygen atoms in total. The minimum Gasteiger partial charge on any atom is -0.385 e. The van der Waals surface area contributed by atoms with Crippen molar-refractivity contribution in [2.24, 2.45) is 5.92 Å². The Morgan fingerprint density at radius 2 is 1.88 bits per heavy atom. The van der Waals surface area contributed by atoms with Crippen molar-refractivity contribution < 1.29 is 14.2 Å². The smallest absolute Gasteiger partial charge is 0.0701 e. The van der Waals surface area contributed by atoms with Crippen LogP contribution in [0, 0.1) is 5.92 Å². The Bertz CT molecular complexity index is 174. The van der Waals surface area contributed by atoms with E-state index in [1.807, 2.05) is 0 Å². The van der Waals surface area contributed by atoms with Gasteiger partial charge in [-0.2, -0.15) is 0 Å². The van der Waals surface area contributed by atoms with Gasteiger partial charge in [0, 0.05) is 26.4 Å². The highest BCUT2D eigenvalue weighted by molar-refractivity contribution is 4.85. The molecule has 0 aromatic carbocycles. The van der Waals surface area contributed by atoms with Gasteiger partial charge in [-0.1, -0.05) is 6.92 Å². The van der Waals surface area contributed by atoms with Gasteiger partial charge in [0.05, 0.1) is 19.8 Å². The molecular weight excluding hydrogens is 218 g/mol. The van der Waals surface area contributed by atoms with E-state index in [0.29, 0.717) is 19.3 Å². The fraction of sp³-hybridized carbons (Fsp3) is 1.00. The molecule has 0 bridgehead atoms. The summed E-state index contributed by atoms with van der Waals surface area (Å²) in [5.41, 5.74) is 0. The number of methoxy groups -OCH3 is 1. The molecule has 1 rings (SSSR count). The molecule has 0 spiro atoms. The number of nitrogens with one attached hydrogen (secondary N) is 1. The first-order chi connectivity index (χ1) is 8.38. The Balaban J connectivity index is 1.85. The molecule has 0 amide bonds. The average molecular weight is 245 g/mol. The zero-order chi connectivity index (χ0) is 12.3. The van der Waals surface area contributed by atoms with Gasteiger partial charge < -0.3 is 19.5 Å². The van der Waals surface area contributed by atoms with Crippen LogP contribution in [0.1, 0.15) is 26.2 Å². The minimum absolute atomic E-state index is 0.550. The highest BCUT2D eigenvalue weighted by Gasteiger charge is 2.30. The summed E-state index contributed by atoms with van der Waals surface area (Å²) >= 11 is 0. The average Bonchev–Trinajstić information content (AvgIpc) is 3.15. The molecule has 1 saturated carbocycles. The van der Waals surface area contributed by atoms with Crippen molar-refractivity contribution in [3.63, 3.8) is 0 Å². The highest BCUT2D eigenvalue weighted by Crippen LogP contribution is 2.32. The fourth-order valence-electron chi connectivity index (χ4n) is 1.86. The van der Waals surface area contributed by atoms with E-state index in [2.05, 4.69) is 12.2 Å². The first-order valence-corrected chi connectivity index (χ1v) is 6.76. The summed E-state index contributed by atoms with van der Waals surface area (Å²) in [5.74, 6) is 0.845. The van der Waals surface area contributed by atoms with Gasteiger partial charge in [0.15, 0.2) is 0 Å². The van der Waals surface area contributed by atoms with Crippen molar-refractivity contribution >= 4 is 0 Å². The molecule has 1 atom stereocenters. The Kier molecular flexibility index (Phi) is 8.61. The quantitative estimate of drug-likeness (QED) is 0.528. The van der Waals surface area contributed by atoms with Crippen LogP contribution in [0.15, 0.2) is 0 Å². The van der Waals surface area contributed by atoms with Crippen LogP contribution in [0.3, 0.4) is 0 Å². The predicted octanol–water partition coefficient (Wildman–Crippen LogP) is 1.44. The van der Waals surface area contributed by atoms with Crippen LogP contribution >= 0.6 is 0 Å². The third-order valence-electron chi connectivity index (χ3n) is 2.96. The monoisotopic (exact) mass is 245 g/mol. The van der Waals surface area contributed by atoms with E-state index < -0.39 is 0 Å². The van der Waals surface area contributed by atoms with E-state index in [1.165, 1.54) is 12.8 Å². The summed E-state index contributed by atoms with van der Waals surface area (Å²) < 4.78 is 16.0. The lowest BCUT2D eigenvalue weighted by Crippen LogP contribution is -2.35. The van der Waals surface area contributed by atoms with Crippen LogP contribution in [-0.4, -0.2) is 52.7 Å². The molecule has 1 unspecified atom stereocenters. The second kappa shape index (κ2) is 9.83. The first kappa shape index (κ1) is 14.9. The van der Waals surface area contributed by atoms with Crippen LogP contribution in [0.4, 0.5) is 0 Å². The molecule has 4 heteroatoms. The number of likely N-dealkylation sites (N-methyl/N-ethyl adjacent to an activating group) is 1. The van der Waals surface area contributed by atoms with E-state index in [4.69, 9.17) is 14.2 Å². The number of rotatable bonds is 12. The molecular formula is C13H27NO3. The standard InChI is InChI=1S/C13H27NO3/c1-3-14-13(12-5-6-12)11-17-10-9-16-8-4-7-15-2/h12-14H,3-11H2,1-2H3. The molecule has 0 radical (unpaired) electrons. The van der Waals surface area contributed by atoms with Crippen molar-refractivity contribution in [2.75, 3.05) is 46.7 Å². The second-order valence-corrected chi connectivity index (χ2v) is 4.54. The van der Waals surface area contributed by atoms with Crippen LogP contribution in [0.2, 0.25) is 0 Å². The largest absolute Gasteiger partial charge is 0.385 e. The lowest BCUT2D eigenvalue weighted by molar-refractivity contribution is 0.0307. The van der Waals surface area contributed by atoms with Gasteiger partial charge in [-0.05, 0) is 31.7 Å². The maximum atomic E-state index is 5.64. The van der Waals surface area contributed by atoms with Crippen molar-refractivity contribution in [1.29, 1.82) is 0 Å². The summed E-state index contributed by atoms with van der Waals surface area (Å²) in [6, 6.07) is 0.550. The number of hydrogen-bond donors (Lipinski definition) is 1. The van der Waals surface area contributed by atoms with Crippen molar-refractivity contribution in [3.8, 4) is 0 Å². The van der Waals surface area contributed by atoms with Gasteiger partial charge >= 0.3 is 0 Å². The fourth-order valence-corrected chi connectivity index (χ4v) is 1.86. The van der Waals surface area contributed by atoms with Crippen LogP contribution in [-0.2, 0) is 14.2 Å². The third kappa shape index (κ3) is 7.71. The highest BCUT2D eigenvalue weighted by atomic mass is 16.5. The van der Waals surface area contributed by atoms with Crippen molar-refractivity contribution in [2.45, 2.75) is 32.2 Å². The molecule has 0 heterocycles. The van der Waals surface area contributed by atoms with E-state index in [9.17, 15) is 0 Å². The minimum atomic E-state index is 0.550. The normalized spacial score (nSPS) is 17.3. The molecule has 0 aromatic heterocycles. The second-order valence-electron chi connectivity index (χ2n) is 4.54. The first-order valence-electron chi connectivity index (χ1n) is 6.76. The van der Waals surface area contributed by atoms with E-state index in [1.54, 1.807) is 7.11 Å². The van der Waals surface area contributed by atoms with Gasteiger partial charge in [-0.25, -0.2) is 0 Å². The van der Waals surface area contributed by atoms with Gasteiger partial charge in [0.2, 0.25) is 0 Å². The molecule has 1 fully saturated rings. The maximum absolute atomic E-state index is 5.64. The number of ether oxygens (including phenoxy) is 3. The van der Waals surface area contributed by atoms with Gasteiger partial charge in [-0.3, -0.25) is 0 Å². The molecule has 0 aliphatic heterocycles. The summed E-state index contributed by atoms with van der Waals surface area (Å²) in [4.78, 5) is 0. The Morgan fingerprint density at radius 1 is 1.12 bits per heavy atom. The Hall–Kier alpha value is -0.160. The topological polar surface area (TPSA) is 39.7 Å². The molecule has 1 aliphatic rings. The molecule has 0 aromatic rings.